The summed E-state index contributed by atoms with van der Waals surface area (Å²) in [7, 11) is 0. The molecule has 1 aromatic carbocycles. The van der Waals surface area contributed by atoms with Gasteiger partial charge in [0.2, 0.25) is 0 Å². The summed E-state index contributed by atoms with van der Waals surface area (Å²) in [5, 5.41) is 9.16. The van der Waals surface area contributed by atoms with Crippen LogP contribution >= 0.6 is 0 Å². The highest BCUT2D eigenvalue weighted by Gasteiger charge is 2.13. The van der Waals surface area contributed by atoms with E-state index in [1.165, 1.54) is 0 Å². The Kier molecular flexibility index (Phi) is 3.86. The van der Waals surface area contributed by atoms with Crippen LogP contribution in [0.4, 0.5) is 0 Å². The minimum atomic E-state index is -0.359. The number of aromatic nitrogens is 1. The molecular formula is C17H18N2O2. The standard InChI is InChI=1S/C17H18N2O2/c1-11-9-14(15(10-18)16(20)19-11)12-5-7-13(8-6-12)21-17(2,3)4/h5-9H,1-4H3,(H,19,20). The van der Waals surface area contributed by atoms with Crippen LogP contribution in [0.15, 0.2) is 35.1 Å². The minimum absolute atomic E-state index is 0.130. The number of nitriles is 1. The van der Waals surface area contributed by atoms with Crippen molar-refractivity contribution in [1.29, 1.82) is 5.26 Å². The quantitative estimate of drug-likeness (QED) is 0.918. The number of aryl methyl sites for hydroxylation is 1. The van der Waals surface area contributed by atoms with E-state index in [1.807, 2.05) is 51.1 Å². The summed E-state index contributed by atoms with van der Waals surface area (Å²) in [6.45, 7) is 7.74. The lowest BCUT2D eigenvalue weighted by Gasteiger charge is -2.21. The fourth-order valence-corrected chi connectivity index (χ4v) is 2.08. The van der Waals surface area contributed by atoms with Crippen molar-refractivity contribution in [1.82, 2.24) is 4.98 Å². The molecule has 2 rings (SSSR count). The van der Waals surface area contributed by atoms with E-state index in [2.05, 4.69) is 4.98 Å². The van der Waals surface area contributed by atoms with Crippen molar-refractivity contribution in [2.75, 3.05) is 0 Å². The molecule has 4 nitrogen and oxygen atoms in total. The molecule has 0 atom stereocenters. The number of ether oxygens (including phenoxy) is 1. The van der Waals surface area contributed by atoms with Crippen LogP contribution < -0.4 is 10.3 Å². The summed E-state index contributed by atoms with van der Waals surface area (Å²) >= 11 is 0. The minimum Gasteiger partial charge on any atom is -0.488 e. The molecule has 0 saturated carbocycles. The summed E-state index contributed by atoms with van der Waals surface area (Å²) in [6.07, 6.45) is 0. The Morgan fingerprint density at radius 1 is 1.19 bits per heavy atom. The molecule has 0 aliphatic heterocycles. The van der Waals surface area contributed by atoms with Gasteiger partial charge in [-0.1, -0.05) is 12.1 Å². The number of hydrogen-bond donors (Lipinski definition) is 1. The first kappa shape index (κ1) is 14.9. The maximum absolute atomic E-state index is 11.8. The maximum atomic E-state index is 11.8. The first-order valence-electron chi connectivity index (χ1n) is 6.73. The topological polar surface area (TPSA) is 65.9 Å². The van der Waals surface area contributed by atoms with Crippen LogP contribution in [-0.4, -0.2) is 10.6 Å². The van der Waals surface area contributed by atoms with Gasteiger partial charge in [-0.2, -0.15) is 5.26 Å². The number of nitrogens with zero attached hydrogens (tertiary/aromatic N) is 1. The largest absolute Gasteiger partial charge is 0.488 e. The highest BCUT2D eigenvalue weighted by molar-refractivity contribution is 5.70. The van der Waals surface area contributed by atoms with E-state index in [1.54, 1.807) is 13.0 Å². The second-order valence-corrected chi connectivity index (χ2v) is 5.92. The van der Waals surface area contributed by atoms with E-state index in [4.69, 9.17) is 10.00 Å². The zero-order valence-corrected chi connectivity index (χ0v) is 12.7. The van der Waals surface area contributed by atoms with E-state index in [0.717, 1.165) is 17.0 Å². The van der Waals surface area contributed by atoms with Gasteiger partial charge in [-0.25, -0.2) is 0 Å². The molecule has 4 heteroatoms. The molecule has 0 unspecified atom stereocenters. The third kappa shape index (κ3) is 3.51. The van der Waals surface area contributed by atoms with Crippen LogP contribution in [0.5, 0.6) is 5.75 Å². The molecule has 0 amide bonds. The van der Waals surface area contributed by atoms with Gasteiger partial charge >= 0.3 is 0 Å². The number of H-pyrrole nitrogens is 1. The fourth-order valence-electron chi connectivity index (χ4n) is 2.08. The van der Waals surface area contributed by atoms with E-state index in [0.29, 0.717) is 5.56 Å². The van der Waals surface area contributed by atoms with Crippen molar-refractivity contribution in [3.8, 4) is 22.9 Å². The molecule has 1 heterocycles. The van der Waals surface area contributed by atoms with E-state index >= 15 is 0 Å². The van der Waals surface area contributed by atoms with Crippen molar-refractivity contribution in [2.45, 2.75) is 33.3 Å². The predicted molar refractivity (Wildman–Crippen MR) is 82.3 cm³/mol. The second-order valence-electron chi connectivity index (χ2n) is 5.92. The lowest BCUT2D eigenvalue weighted by molar-refractivity contribution is 0.131. The molecule has 0 bridgehead atoms. The number of aromatic amines is 1. The molecule has 0 radical (unpaired) electrons. The van der Waals surface area contributed by atoms with Crippen molar-refractivity contribution in [2.24, 2.45) is 0 Å². The normalized spacial score (nSPS) is 11.0. The Hall–Kier alpha value is -2.54. The van der Waals surface area contributed by atoms with Gasteiger partial charge in [0.15, 0.2) is 0 Å². The van der Waals surface area contributed by atoms with Gasteiger partial charge in [0.1, 0.15) is 23.0 Å². The number of hydrogen-bond acceptors (Lipinski definition) is 3. The average molecular weight is 282 g/mol. The van der Waals surface area contributed by atoms with Crippen molar-refractivity contribution >= 4 is 0 Å². The Balaban J connectivity index is 2.45. The summed E-state index contributed by atoms with van der Waals surface area (Å²) in [6, 6.07) is 11.2. The number of pyridine rings is 1. The van der Waals surface area contributed by atoms with Crippen LogP contribution in [0.1, 0.15) is 32.0 Å². The molecule has 1 N–H and O–H groups in total. The van der Waals surface area contributed by atoms with Gasteiger partial charge in [0.05, 0.1) is 0 Å². The van der Waals surface area contributed by atoms with E-state index < -0.39 is 0 Å². The maximum Gasteiger partial charge on any atom is 0.266 e. The van der Waals surface area contributed by atoms with Gasteiger partial charge in [0, 0.05) is 11.3 Å². The van der Waals surface area contributed by atoms with Gasteiger partial charge in [-0.05, 0) is 51.5 Å². The molecule has 1 aromatic heterocycles. The lowest BCUT2D eigenvalue weighted by Crippen LogP contribution is -2.22. The van der Waals surface area contributed by atoms with E-state index in [-0.39, 0.29) is 16.7 Å². The summed E-state index contributed by atoms with van der Waals surface area (Å²) < 4.78 is 5.76. The molecule has 108 valence electrons. The zero-order valence-electron chi connectivity index (χ0n) is 12.7. The molecule has 0 spiro atoms. The van der Waals surface area contributed by atoms with Crippen molar-refractivity contribution in [3.05, 3.63) is 51.9 Å². The molecule has 21 heavy (non-hydrogen) atoms. The van der Waals surface area contributed by atoms with Crippen LogP contribution in [0.25, 0.3) is 11.1 Å². The van der Waals surface area contributed by atoms with Gasteiger partial charge < -0.3 is 9.72 Å². The Morgan fingerprint density at radius 3 is 2.33 bits per heavy atom. The predicted octanol–water partition coefficient (Wildman–Crippen LogP) is 3.40. The van der Waals surface area contributed by atoms with Gasteiger partial charge in [-0.15, -0.1) is 0 Å². The highest BCUT2D eigenvalue weighted by atomic mass is 16.5. The highest BCUT2D eigenvalue weighted by Crippen LogP contribution is 2.26. The molecule has 0 fully saturated rings. The SMILES string of the molecule is Cc1cc(-c2ccc(OC(C)(C)C)cc2)c(C#N)c(=O)[nH]1. The Bertz CT molecular complexity index is 744. The molecular weight excluding hydrogens is 264 g/mol. The van der Waals surface area contributed by atoms with Crippen LogP contribution in [0.2, 0.25) is 0 Å². The summed E-state index contributed by atoms with van der Waals surface area (Å²) in [4.78, 5) is 14.5. The van der Waals surface area contributed by atoms with Crippen LogP contribution in [0.3, 0.4) is 0 Å². The third-order valence-electron chi connectivity index (χ3n) is 2.87. The average Bonchev–Trinajstić information content (AvgIpc) is 2.37. The molecule has 2 aromatic rings. The van der Waals surface area contributed by atoms with Gasteiger partial charge in [0.25, 0.3) is 5.56 Å². The monoisotopic (exact) mass is 282 g/mol. The zero-order chi connectivity index (χ0) is 15.6. The van der Waals surface area contributed by atoms with Crippen LogP contribution in [-0.2, 0) is 0 Å². The number of rotatable bonds is 2. The first-order chi connectivity index (χ1) is 9.80. The lowest BCUT2D eigenvalue weighted by atomic mass is 10.0. The summed E-state index contributed by atoms with van der Waals surface area (Å²) in [5.74, 6) is 0.756. The Labute approximate surface area is 124 Å². The molecule has 0 aliphatic rings. The smallest absolute Gasteiger partial charge is 0.266 e. The summed E-state index contributed by atoms with van der Waals surface area (Å²) in [5.41, 5.74) is 1.69. The number of benzene rings is 1. The first-order valence-corrected chi connectivity index (χ1v) is 6.73. The molecule has 0 saturated heterocycles. The number of nitrogens with one attached hydrogen (secondary N) is 1. The van der Waals surface area contributed by atoms with Crippen molar-refractivity contribution < 1.29 is 4.74 Å². The Morgan fingerprint density at radius 2 is 1.81 bits per heavy atom. The second kappa shape index (κ2) is 5.45. The molecule has 0 aliphatic carbocycles. The third-order valence-corrected chi connectivity index (χ3v) is 2.87. The van der Waals surface area contributed by atoms with Gasteiger partial charge in [-0.3, -0.25) is 4.79 Å². The van der Waals surface area contributed by atoms with E-state index in [9.17, 15) is 4.79 Å². The van der Waals surface area contributed by atoms with Crippen LogP contribution in [0, 0.1) is 18.3 Å². The van der Waals surface area contributed by atoms with Crippen molar-refractivity contribution in [3.63, 3.8) is 0 Å². The fraction of sp³-hybridized carbons (Fsp3) is 0.294.